The molecule has 0 spiro atoms. The van der Waals surface area contributed by atoms with Gasteiger partial charge in [0.2, 0.25) is 0 Å². The van der Waals surface area contributed by atoms with Crippen LogP contribution >= 0.6 is 22.7 Å². The first-order chi connectivity index (χ1) is 55.0. The van der Waals surface area contributed by atoms with Gasteiger partial charge in [-0.1, -0.05) is 162 Å². The molecular weight excluding hydrogens is 1700 g/mol. The number of carbonyl (C=O) groups is 4. The molecule has 0 amide bonds. The van der Waals surface area contributed by atoms with Crippen molar-refractivity contribution in [2.45, 2.75) is 403 Å². The van der Waals surface area contributed by atoms with Gasteiger partial charge in [0.25, 0.3) is 0 Å². The number of ketones is 2. The van der Waals surface area contributed by atoms with Gasteiger partial charge in [0.15, 0.2) is 22.2 Å². The van der Waals surface area contributed by atoms with Crippen LogP contribution in [0.2, 0.25) is 36.3 Å². The number of rotatable bonds is 27. The number of hydrogen-bond donors (Lipinski definition) is 2. The van der Waals surface area contributed by atoms with Gasteiger partial charge in [0.1, 0.15) is 23.8 Å². The van der Waals surface area contributed by atoms with E-state index in [9.17, 15) is 32.3 Å². The molecule has 0 saturated heterocycles. The van der Waals surface area contributed by atoms with Gasteiger partial charge >= 0.3 is 174 Å². The van der Waals surface area contributed by atoms with Gasteiger partial charge in [-0.25, -0.2) is 9.97 Å². The zero-order valence-corrected chi connectivity index (χ0v) is 87.6. The molecule has 0 saturated carbocycles. The Labute approximate surface area is 766 Å². The van der Waals surface area contributed by atoms with E-state index in [0.29, 0.717) is 50.4 Å². The number of aromatic nitrogens is 2. The van der Waals surface area contributed by atoms with E-state index in [1.165, 1.54) is 33.5 Å². The van der Waals surface area contributed by atoms with Crippen molar-refractivity contribution in [1.29, 1.82) is 0 Å². The quantitative estimate of drug-likeness (QED) is 0.0328. The Balaban J connectivity index is 0. The number of ether oxygens (including phenoxy) is 2. The van der Waals surface area contributed by atoms with E-state index in [1.54, 1.807) is 49.5 Å². The summed E-state index contributed by atoms with van der Waals surface area (Å²) in [5.41, 5.74) is 6.80. The first-order valence-corrected chi connectivity index (χ1v) is 53.5. The molecule has 21 heteroatoms. The van der Waals surface area contributed by atoms with Crippen molar-refractivity contribution in [2.24, 2.45) is 49.8 Å². The summed E-state index contributed by atoms with van der Waals surface area (Å²) in [6.45, 7) is 83.0. The maximum atomic E-state index is 14.2. The fourth-order valence-corrected chi connectivity index (χ4v) is 19.0. The number of cyclic esters (lactones) is 1. The third-order valence-corrected chi connectivity index (χ3v) is 37.4. The van der Waals surface area contributed by atoms with Crippen molar-refractivity contribution in [2.75, 3.05) is 0 Å². The fourth-order valence-electron chi connectivity index (χ4n) is 13.1. The Morgan fingerprint density at radius 2 is 1.24 bits per heavy atom. The summed E-state index contributed by atoms with van der Waals surface area (Å²) < 4.78 is 67.6. The molecule has 2 N–H and O–H groups in total. The van der Waals surface area contributed by atoms with Gasteiger partial charge in [-0.15, -0.1) is 35.8 Å². The zero-order chi connectivity index (χ0) is 93.9. The summed E-state index contributed by atoms with van der Waals surface area (Å²) in [4.78, 5) is 64.8. The Morgan fingerprint density at radius 1 is 0.756 bits per heavy atom. The number of nitrogens with zero attached hydrogens (tertiary/aromatic N) is 3. The summed E-state index contributed by atoms with van der Waals surface area (Å²) >= 11 is 2.64. The van der Waals surface area contributed by atoms with Crippen LogP contribution in [0.1, 0.15) is 344 Å². The molecule has 702 valence electrons. The maximum absolute atomic E-state index is 14.2. The van der Waals surface area contributed by atoms with Crippen LogP contribution in [-0.4, -0.2) is 107 Å². The van der Waals surface area contributed by atoms with Crippen molar-refractivity contribution in [3.05, 3.63) is 145 Å². The minimum absolute atomic E-state index is 0. The molecule has 0 bridgehead atoms. The summed E-state index contributed by atoms with van der Waals surface area (Å²) in [6.07, 6.45) is 8.90. The zero-order valence-electron chi connectivity index (χ0n) is 81.9. The van der Waals surface area contributed by atoms with E-state index in [0.717, 1.165) is 71.1 Å². The average Bonchev–Trinajstić information content (AvgIpc) is 1.12. The summed E-state index contributed by atoms with van der Waals surface area (Å²) in [5.74, 6) is 1.61. The van der Waals surface area contributed by atoms with Crippen LogP contribution in [0.5, 0.6) is 0 Å². The molecular formula is C102H172F3MoN3O10S2Si2. The molecule has 10 atom stereocenters. The van der Waals surface area contributed by atoms with E-state index >= 15 is 0 Å². The first kappa shape index (κ1) is 120. The predicted octanol–water partition coefficient (Wildman–Crippen LogP) is 29.9. The minimum atomic E-state index is -4.51. The number of esters is 2. The molecule has 123 heavy (non-hydrogen) atoms. The van der Waals surface area contributed by atoms with Gasteiger partial charge < -0.3 is 28.5 Å². The molecule has 0 aliphatic carbocycles. The summed E-state index contributed by atoms with van der Waals surface area (Å²) in [5, 5.41) is 22.6. The molecule has 2 aromatic heterocycles. The molecule has 0 radical (unpaired) electrons. The van der Waals surface area contributed by atoms with Crippen LogP contribution in [0, 0.1) is 60.2 Å². The van der Waals surface area contributed by atoms with Crippen LogP contribution in [0.15, 0.2) is 110 Å². The molecule has 10 unspecified atom stereocenters. The predicted molar refractivity (Wildman–Crippen MR) is 522 cm³/mol. The number of hydrogen-bond acceptors (Lipinski definition) is 15. The second kappa shape index (κ2) is 52.1. The van der Waals surface area contributed by atoms with Crippen molar-refractivity contribution in [1.82, 2.24) is 9.97 Å². The number of thiazole rings is 2. The normalized spacial score (nSPS) is 19.3. The summed E-state index contributed by atoms with van der Waals surface area (Å²) in [7, 11) is -4.63. The van der Waals surface area contributed by atoms with E-state index < -0.39 is 87.2 Å². The van der Waals surface area contributed by atoms with E-state index in [4.69, 9.17) is 32.0 Å². The number of benzene rings is 2. The fraction of sp³-hybridized carbons (Fsp3) is 0.676. The van der Waals surface area contributed by atoms with Gasteiger partial charge in [0, 0.05) is 46.3 Å². The third-order valence-electron chi connectivity index (χ3n) is 24.5. The SMILES string of the molecule is C.C.C/C1=C/CC(/C(C)=C/c2csc(C)n2)OC(=O)CC(O[Si](C)(C)C(C)(C)C)C(C)(C)C(=O)C(C)C(C)C(C)CCC1.C=CCC(OC(=O)CC(O[Si](C)(C)C(C)(C)C)C(C)(C)C(=O)C(C)C(C)C(C)CCCC(=C)C)/C(C)=C/c1csc(C)n1.CC(C)(C)O.CC(C)(O)C(F)(F)F.CC(C)c1cccc(C(C)C)c1[N]=[Mo]=[CH]C(C)(C)c1ccccc1. The van der Waals surface area contributed by atoms with Crippen molar-refractivity contribution in [3.63, 3.8) is 0 Å². The van der Waals surface area contributed by atoms with Gasteiger partial charge in [-0.3, -0.25) is 19.2 Å². The molecule has 13 nitrogen and oxygen atoms in total. The van der Waals surface area contributed by atoms with E-state index in [1.807, 2.05) is 85.2 Å². The molecule has 1 aliphatic heterocycles. The number of halogens is 3. The van der Waals surface area contributed by atoms with Crippen LogP contribution in [0.4, 0.5) is 18.9 Å². The summed E-state index contributed by atoms with van der Waals surface area (Å²) in [6, 6.07) is 17.4. The van der Waals surface area contributed by atoms with Crippen molar-refractivity contribution >= 4 is 85.1 Å². The number of aliphatic hydroxyl groups is 2. The van der Waals surface area contributed by atoms with Crippen LogP contribution in [0.3, 0.4) is 0 Å². The number of allylic oxidation sites excluding steroid dienone is 2. The van der Waals surface area contributed by atoms with Gasteiger partial charge in [-0.2, -0.15) is 13.2 Å². The standard InChI is InChI=1S/C36H61NO4SSi.C34H57NO4SSi.C12H17N.C10H12.C4H7F3O.C4H10O.2CH4.Mo/c1-16-18-31(26(5)21-30-23-42-29(8)37-30)40-33(38)22-32(41-43(14,15)35(9,10)11)36(12,13)34(39)28(7)27(6)25(4)20-17-19-24(2)3;1-22-15-14-16-23(2)25(4)26(5)32(37)34(10,11)30(39-41(12,13)33(7,8)9)20-31(36)38-29(18-17-22)24(3)19-28-21-40-27(6)35-28;1-8(2)10-6-5-7-11(9(3)4)12(10)13;1-10(2,3)9-7-5-4-6-8-9;1-3(2,8)4(5,6)7;1-4(2,3)5;;;/h16,21,23,25,27-28,31-32H,1-2,17-20,22H2,3-15H3;17,19,21,23,25-26,29-30H,14-16,18,20H2,1-13H3;5-9H,1-4H3;1,4-8H,2-3H3;8H,1-2H3;5H,1-3H3;2*1H4;/b26-21+;22-17-,24-19+;;;;;;;. The molecule has 2 aromatic carbocycles. The number of Topliss-reactive ketones (excluding diaryl/α,β-unsaturated/α-hetero) is 2. The monoisotopic (exact) mass is 1870 g/mol. The van der Waals surface area contributed by atoms with Crippen molar-refractivity contribution in [3.8, 4) is 0 Å². The number of aryl methyl sites for hydroxylation is 2. The van der Waals surface area contributed by atoms with Crippen LogP contribution < -0.4 is 0 Å². The molecule has 4 aromatic rings. The average molecular weight is 1870 g/mol. The second-order valence-electron chi connectivity index (χ2n) is 41.2. The second-order valence-corrected chi connectivity index (χ2v) is 54.3. The first-order valence-electron chi connectivity index (χ1n) is 43.8. The molecule has 3 heterocycles. The molecule has 0 fully saturated rings. The Bertz CT molecular complexity index is 4030. The van der Waals surface area contributed by atoms with Crippen molar-refractivity contribution < 1.29 is 78.8 Å². The Kier molecular flexibility index (Phi) is 50.9. The molecule has 5 rings (SSSR count). The molecule has 1 aliphatic rings. The topological polar surface area (TPSA) is 184 Å². The third kappa shape index (κ3) is 41.6. The van der Waals surface area contributed by atoms with Crippen LogP contribution in [-0.2, 0) is 60.8 Å². The Morgan fingerprint density at radius 3 is 1.68 bits per heavy atom. The van der Waals surface area contributed by atoms with Gasteiger partial charge in [-0.05, 0) is 185 Å². The van der Waals surface area contributed by atoms with Crippen LogP contribution in [0.25, 0.3) is 12.2 Å². The number of alkyl halides is 3. The van der Waals surface area contributed by atoms with Gasteiger partial charge in [0.05, 0.1) is 52.1 Å². The van der Waals surface area contributed by atoms with E-state index in [2.05, 4.69) is 240 Å². The van der Waals surface area contributed by atoms with E-state index in [-0.39, 0.29) is 90.4 Å². The Hall–Kier alpha value is -4.90. The number of carbonyl (C=O) groups excluding carboxylic acids is 4.